The number of thiazole rings is 1. The predicted octanol–water partition coefficient (Wildman–Crippen LogP) is 3.26. The molecule has 1 unspecified atom stereocenters. The molecular formula is C19H17F3N4O2S. The van der Waals surface area contributed by atoms with Crippen molar-refractivity contribution in [3.05, 3.63) is 76.3 Å². The first-order chi connectivity index (χ1) is 13.8. The van der Waals surface area contributed by atoms with Gasteiger partial charge in [-0.1, -0.05) is 12.1 Å². The van der Waals surface area contributed by atoms with E-state index < -0.39 is 18.0 Å². The number of rotatable bonds is 7. The van der Waals surface area contributed by atoms with Gasteiger partial charge in [-0.25, -0.2) is 4.98 Å². The molecule has 0 aromatic carbocycles. The highest BCUT2D eigenvalue weighted by Gasteiger charge is 2.32. The summed E-state index contributed by atoms with van der Waals surface area (Å²) in [6, 6.07) is 5.45. The van der Waals surface area contributed by atoms with Crippen LogP contribution >= 0.6 is 11.3 Å². The number of aliphatic hydroxyl groups is 1. The van der Waals surface area contributed by atoms with Crippen LogP contribution in [0.1, 0.15) is 28.6 Å². The summed E-state index contributed by atoms with van der Waals surface area (Å²) in [6.07, 6.45) is -1.51. The van der Waals surface area contributed by atoms with Gasteiger partial charge in [0.2, 0.25) is 5.91 Å². The number of carbonyl (C=O) groups excluding carboxylic acids is 1. The van der Waals surface area contributed by atoms with Crippen molar-refractivity contribution in [1.29, 1.82) is 0 Å². The molecule has 10 heteroatoms. The van der Waals surface area contributed by atoms with E-state index in [9.17, 15) is 23.1 Å². The normalized spacial score (nSPS) is 12.6. The summed E-state index contributed by atoms with van der Waals surface area (Å²) in [4.78, 5) is 25.7. The van der Waals surface area contributed by atoms with Gasteiger partial charge in [-0.2, -0.15) is 13.2 Å². The zero-order valence-electron chi connectivity index (χ0n) is 15.1. The van der Waals surface area contributed by atoms with Crippen molar-refractivity contribution in [2.75, 3.05) is 6.54 Å². The number of amides is 1. The van der Waals surface area contributed by atoms with Gasteiger partial charge < -0.3 is 10.0 Å². The summed E-state index contributed by atoms with van der Waals surface area (Å²) in [5.74, 6) is -0.359. The van der Waals surface area contributed by atoms with E-state index in [0.717, 1.165) is 12.3 Å². The second-order valence-electron chi connectivity index (χ2n) is 6.28. The van der Waals surface area contributed by atoms with E-state index in [1.165, 1.54) is 28.5 Å². The van der Waals surface area contributed by atoms with Crippen molar-refractivity contribution in [2.45, 2.75) is 25.2 Å². The van der Waals surface area contributed by atoms with Gasteiger partial charge in [-0.15, -0.1) is 11.3 Å². The van der Waals surface area contributed by atoms with Crippen molar-refractivity contribution in [2.24, 2.45) is 0 Å². The zero-order chi connectivity index (χ0) is 20.9. The first kappa shape index (κ1) is 20.9. The van der Waals surface area contributed by atoms with Crippen molar-refractivity contribution in [3.63, 3.8) is 0 Å². The highest BCUT2D eigenvalue weighted by atomic mass is 32.1. The number of carbonyl (C=O) groups is 1. The number of aromatic nitrogens is 3. The molecule has 0 saturated heterocycles. The molecule has 1 atom stereocenters. The fraction of sp³-hybridized carbons (Fsp3) is 0.263. The van der Waals surface area contributed by atoms with Gasteiger partial charge in [0.05, 0.1) is 36.8 Å². The molecule has 3 rings (SSSR count). The summed E-state index contributed by atoms with van der Waals surface area (Å²) in [5, 5.41) is 12.3. The third kappa shape index (κ3) is 5.81. The maximum Gasteiger partial charge on any atom is 0.433 e. The van der Waals surface area contributed by atoms with Crippen molar-refractivity contribution in [1.82, 2.24) is 19.9 Å². The minimum atomic E-state index is -4.53. The topological polar surface area (TPSA) is 79.2 Å². The Morgan fingerprint density at radius 1 is 1.21 bits per heavy atom. The molecule has 6 nitrogen and oxygen atoms in total. The quantitative estimate of drug-likeness (QED) is 0.632. The van der Waals surface area contributed by atoms with Gasteiger partial charge in [0.1, 0.15) is 5.69 Å². The second kappa shape index (κ2) is 9.10. The van der Waals surface area contributed by atoms with Crippen molar-refractivity contribution < 1.29 is 23.1 Å². The molecule has 3 aromatic heterocycles. The van der Waals surface area contributed by atoms with E-state index in [1.54, 1.807) is 29.2 Å². The van der Waals surface area contributed by atoms with Gasteiger partial charge in [0, 0.05) is 29.5 Å². The maximum absolute atomic E-state index is 12.8. The van der Waals surface area contributed by atoms with Crippen LogP contribution in [0.25, 0.3) is 0 Å². The maximum atomic E-state index is 12.8. The summed E-state index contributed by atoms with van der Waals surface area (Å²) in [6.45, 7) is 0.170. The van der Waals surface area contributed by atoms with E-state index in [0.29, 0.717) is 16.8 Å². The monoisotopic (exact) mass is 422 g/mol. The SMILES string of the molecule is O=C(Cc1ccc(C(F)(F)F)nc1)N(Cc1cscn1)CC(O)c1cccnc1. The fourth-order valence-corrected chi connectivity index (χ4v) is 3.19. The Morgan fingerprint density at radius 2 is 2.03 bits per heavy atom. The number of hydrogen-bond donors (Lipinski definition) is 1. The Bertz CT molecular complexity index is 919. The van der Waals surface area contributed by atoms with Crippen LogP contribution in [0.2, 0.25) is 0 Å². The minimum Gasteiger partial charge on any atom is -0.386 e. The molecule has 0 aliphatic heterocycles. The lowest BCUT2D eigenvalue weighted by molar-refractivity contribution is -0.141. The standard InChI is InChI=1S/C19H17F3N4O2S/c20-19(21,22)17-4-3-13(7-24-17)6-18(28)26(9-15-11-29-12-25-15)10-16(27)14-2-1-5-23-8-14/h1-5,7-8,11-12,16,27H,6,9-10H2. The van der Waals surface area contributed by atoms with E-state index in [-0.39, 0.29) is 25.4 Å². The number of aliphatic hydroxyl groups excluding tert-OH is 1. The Labute approximate surface area is 168 Å². The van der Waals surface area contributed by atoms with Gasteiger partial charge in [-0.05, 0) is 17.7 Å². The number of hydrogen-bond acceptors (Lipinski definition) is 6. The molecule has 0 aliphatic rings. The van der Waals surface area contributed by atoms with Gasteiger partial charge in [0.25, 0.3) is 0 Å². The minimum absolute atomic E-state index is 0.00385. The van der Waals surface area contributed by atoms with Crippen LogP contribution in [0, 0.1) is 0 Å². The Hall–Kier alpha value is -2.85. The van der Waals surface area contributed by atoms with Crippen LogP contribution in [-0.4, -0.2) is 37.4 Å². The molecular weight excluding hydrogens is 405 g/mol. The molecule has 0 fully saturated rings. The summed E-state index contributed by atoms with van der Waals surface area (Å²) >= 11 is 1.38. The van der Waals surface area contributed by atoms with Crippen molar-refractivity contribution in [3.8, 4) is 0 Å². The largest absolute Gasteiger partial charge is 0.433 e. The number of nitrogens with zero attached hydrogens (tertiary/aromatic N) is 4. The highest BCUT2D eigenvalue weighted by molar-refractivity contribution is 7.07. The summed E-state index contributed by atoms with van der Waals surface area (Å²) in [5.41, 5.74) is 2.18. The molecule has 152 valence electrons. The van der Waals surface area contributed by atoms with Crippen LogP contribution in [0.4, 0.5) is 13.2 Å². The first-order valence-electron chi connectivity index (χ1n) is 8.58. The lowest BCUT2D eigenvalue weighted by Crippen LogP contribution is -2.35. The van der Waals surface area contributed by atoms with E-state index in [1.807, 2.05) is 0 Å². The average molecular weight is 422 g/mol. The van der Waals surface area contributed by atoms with E-state index >= 15 is 0 Å². The Morgan fingerprint density at radius 3 is 2.62 bits per heavy atom. The second-order valence-corrected chi connectivity index (χ2v) is 7.00. The molecule has 3 aromatic rings. The molecule has 29 heavy (non-hydrogen) atoms. The first-order valence-corrected chi connectivity index (χ1v) is 9.52. The van der Waals surface area contributed by atoms with Gasteiger partial charge in [0.15, 0.2) is 0 Å². The lowest BCUT2D eigenvalue weighted by Gasteiger charge is -2.25. The summed E-state index contributed by atoms with van der Waals surface area (Å²) in [7, 11) is 0. The van der Waals surface area contributed by atoms with Crippen molar-refractivity contribution >= 4 is 17.2 Å². The highest BCUT2D eigenvalue weighted by Crippen LogP contribution is 2.27. The molecule has 0 spiro atoms. The molecule has 0 aliphatic carbocycles. The van der Waals surface area contributed by atoms with Gasteiger partial charge >= 0.3 is 6.18 Å². The number of halogens is 3. The Balaban J connectivity index is 1.73. The molecule has 3 heterocycles. The average Bonchev–Trinajstić information content (AvgIpc) is 3.21. The van der Waals surface area contributed by atoms with Crippen LogP contribution in [0.3, 0.4) is 0 Å². The van der Waals surface area contributed by atoms with Crippen LogP contribution < -0.4 is 0 Å². The zero-order valence-corrected chi connectivity index (χ0v) is 15.9. The molecule has 1 amide bonds. The smallest absolute Gasteiger partial charge is 0.386 e. The summed E-state index contributed by atoms with van der Waals surface area (Å²) < 4.78 is 38.0. The molecule has 0 saturated carbocycles. The lowest BCUT2D eigenvalue weighted by atomic mass is 10.1. The molecule has 0 radical (unpaired) electrons. The van der Waals surface area contributed by atoms with Crippen LogP contribution in [0.15, 0.2) is 53.7 Å². The Kier molecular flexibility index (Phi) is 6.55. The number of alkyl halides is 3. The third-order valence-electron chi connectivity index (χ3n) is 4.12. The number of pyridine rings is 2. The van der Waals surface area contributed by atoms with Crippen LogP contribution in [0.5, 0.6) is 0 Å². The molecule has 1 N–H and O–H groups in total. The third-order valence-corrected chi connectivity index (χ3v) is 4.76. The van der Waals surface area contributed by atoms with E-state index in [4.69, 9.17) is 0 Å². The molecule has 0 bridgehead atoms. The van der Waals surface area contributed by atoms with Gasteiger partial charge in [-0.3, -0.25) is 14.8 Å². The fourth-order valence-electron chi connectivity index (χ4n) is 2.64. The van der Waals surface area contributed by atoms with E-state index in [2.05, 4.69) is 15.0 Å². The van der Waals surface area contributed by atoms with Crippen LogP contribution in [-0.2, 0) is 23.9 Å². The predicted molar refractivity (Wildman–Crippen MR) is 99.7 cm³/mol.